The lowest BCUT2D eigenvalue weighted by atomic mass is 9.98. The maximum absolute atomic E-state index is 3.21. The molecule has 0 aliphatic carbocycles. The third-order valence-corrected chi connectivity index (χ3v) is 3.00. The molecule has 0 aromatic rings. The molecule has 1 saturated heterocycles. The van der Waals surface area contributed by atoms with Crippen molar-refractivity contribution in [3.05, 3.63) is 0 Å². The van der Waals surface area contributed by atoms with Gasteiger partial charge < -0.3 is 5.32 Å². The molecule has 0 spiro atoms. The molecule has 72 valence electrons. The summed E-state index contributed by atoms with van der Waals surface area (Å²) in [7, 11) is 2.03. The van der Waals surface area contributed by atoms with Crippen molar-refractivity contribution in [3.8, 4) is 0 Å². The van der Waals surface area contributed by atoms with Crippen LogP contribution in [0.2, 0.25) is 0 Å². The van der Waals surface area contributed by atoms with Crippen molar-refractivity contribution in [1.29, 1.82) is 0 Å². The lowest BCUT2D eigenvalue weighted by Gasteiger charge is -2.38. The zero-order chi connectivity index (χ0) is 8.97. The Hall–Kier alpha value is -0.0800. The minimum Gasteiger partial charge on any atom is -0.318 e. The predicted octanol–water partition coefficient (Wildman–Crippen LogP) is 1.47. The van der Waals surface area contributed by atoms with E-state index in [1.807, 2.05) is 7.05 Å². The first-order valence-electron chi connectivity index (χ1n) is 5.16. The van der Waals surface area contributed by atoms with Gasteiger partial charge in [0, 0.05) is 25.2 Å². The van der Waals surface area contributed by atoms with E-state index in [4.69, 9.17) is 0 Å². The molecule has 1 heterocycles. The van der Waals surface area contributed by atoms with Crippen LogP contribution in [0.5, 0.6) is 0 Å². The predicted molar refractivity (Wildman–Crippen MR) is 53.4 cm³/mol. The van der Waals surface area contributed by atoms with Crippen LogP contribution in [0.15, 0.2) is 0 Å². The normalized spacial score (nSPS) is 32.2. The van der Waals surface area contributed by atoms with Crippen molar-refractivity contribution >= 4 is 0 Å². The first kappa shape index (κ1) is 10.0. The molecule has 0 radical (unpaired) electrons. The van der Waals surface area contributed by atoms with E-state index in [0.717, 1.165) is 18.6 Å². The van der Waals surface area contributed by atoms with E-state index in [1.54, 1.807) is 0 Å². The van der Waals surface area contributed by atoms with Gasteiger partial charge in [-0.25, -0.2) is 0 Å². The summed E-state index contributed by atoms with van der Waals surface area (Å²) in [5, 5.41) is 3.21. The second-order valence-electron chi connectivity index (χ2n) is 3.97. The maximum atomic E-state index is 3.21. The van der Waals surface area contributed by atoms with Crippen LogP contribution in [0, 0.1) is 0 Å². The summed E-state index contributed by atoms with van der Waals surface area (Å²) in [5.74, 6) is 0. The first-order chi connectivity index (χ1) is 5.75. The highest BCUT2D eigenvalue weighted by Crippen LogP contribution is 2.21. The maximum Gasteiger partial charge on any atom is 0.0112 e. The van der Waals surface area contributed by atoms with Gasteiger partial charge in [0.1, 0.15) is 0 Å². The second kappa shape index (κ2) is 4.83. The molecule has 0 amide bonds. The lowest BCUT2D eigenvalue weighted by molar-refractivity contribution is 0.105. The third-order valence-electron chi connectivity index (χ3n) is 3.00. The molecular formula is C10H22N2. The number of likely N-dealkylation sites (N-methyl/N-ethyl adjacent to an activating group) is 1. The first-order valence-corrected chi connectivity index (χ1v) is 5.16. The molecule has 0 unspecified atom stereocenters. The number of likely N-dealkylation sites (tertiary alicyclic amines) is 1. The number of hydrogen-bond donors (Lipinski definition) is 1. The highest BCUT2D eigenvalue weighted by Gasteiger charge is 2.23. The standard InChI is InChI=1S/C10H22N2/c1-9-5-4-6-10(2)12(9)8-7-11-3/h9-11H,4-8H2,1-3H3/t9-,10+. The number of rotatable bonds is 3. The van der Waals surface area contributed by atoms with E-state index in [2.05, 4.69) is 24.1 Å². The molecule has 1 rings (SSSR count). The van der Waals surface area contributed by atoms with E-state index in [0.29, 0.717) is 0 Å². The Balaban J connectivity index is 2.34. The Morgan fingerprint density at radius 2 is 1.83 bits per heavy atom. The van der Waals surface area contributed by atoms with Crippen LogP contribution in [0.3, 0.4) is 0 Å². The van der Waals surface area contributed by atoms with Crippen LogP contribution >= 0.6 is 0 Å². The van der Waals surface area contributed by atoms with Crippen molar-refractivity contribution in [2.24, 2.45) is 0 Å². The monoisotopic (exact) mass is 170 g/mol. The van der Waals surface area contributed by atoms with Gasteiger partial charge in [-0.1, -0.05) is 6.42 Å². The third kappa shape index (κ3) is 2.46. The Bertz CT molecular complexity index is 115. The number of piperidine rings is 1. The Labute approximate surface area is 76.3 Å². The van der Waals surface area contributed by atoms with Crippen LogP contribution in [0.1, 0.15) is 33.1 Å². The fourth-order valence-corrected chi connectivity index (χ4v) is 2.16. The summed E-state index contributed by atoms with van der Waals surface area (Å²) in [6.45, 7) is 7.03. The molecule has 0 aromatic carbocycles. The number of nitrogens with zero attached hydrogens (tertiary/aromatic N) is 1. The highest BCUT2D eigenvalue weighted by atomic mass is 15.2. The topological polar surface area (TPSA) is 15.3 Å². The van der Waals surface area contributed by atoms with Gasteiger partial charge in [-0.2, -0.15) is 0 Å². The molecule has 1 aliphatic heterocycles. The van der Waals surface area contributed by atoms with E-state index in [9.17, 15) is 0 Å². The number of nitrogens with one attached hydrogen (secondary N) is 1. The Kier molecular flexibility index (Phi) is 4.02. The molecule has 1 N–H and O–H groups in total. The Morgan fingerprint density at radius 3 is 2.33 bits per heavy atom. The van der Waals surface area contributed by atoms with Gasteiger partial charge in [0.15, 0.2) is 0 Å². The van der Waals surface area contributed by atoms with Crippen molar-refractivity contribution in [1.82, 2.24) is 10.2 Å². The highest BCUT2D eigenvalue weighted by molar-refractivity contribution is 4.79. The van der Waals surface area contributed by atoms with Crippen LogP contribution < -0.4 is 5.32 Å². The fourth-order valence-electron chi connectivity index (χ4n) is 2.16. The summed E-state index contributed by atoms with van der Waals surface area (Å²) < 4.78 is 0. The molecular weight excluding hydrogens is 148 g/mol. The van der Waals surface area contributed by atoms with Gasteiger partial charge in [0.05, 0.1) is 0 Å². The average Bonchev–Trinajstić information content (AvgIpc) is 2.04. The van der Waals surface area contributed by atoms with Crippen LogP contribution in [-0.4, -0.2) is 37.1 Å². The molecule has 0 saturated carbocycles. The quantitative estimate of drug-likeness (QED) is 0.690. The van der Waals surface area contributed by atoms with E-state index in [1.165, 1.54) is 25.8 Å². The Morgan fingerprint density at radius 1 is 1.25 bits per heavy atom. The van der Waals surface area contributed by atoms with Gasteiger partial charge in [0.2, 0.25) is 0 Å². The van der Waals surface area contributed by atoms with Crippen LogP contribution in [-0.2, 0) is 0 Å². The van der Waals surface area contributed by atoms with E-state index < -0.39 is 0 Å². The molecule has 2 atom stereocenters. The van der Waals surface area contributed by atoms with Gasteiger partial charge in [-0.15, -0.1) is 0 Å². The van der Waals surface area contributed by atoms with Crippen molar-refractivity contribution in [2.45, 2.75) is 45.2 Å². The van der Waals surface area contributed by atoms with Gasteiger partial charge in [-0.3, -0.25) is 4.90 Å². The molecule has 2 nitrogen and oxygen atoms in total. The molecule has 1 aliphatic rings. The zero-order valence-electron chi connectivity index (χ0n) is 8.64. The summed E-state index contributed by atoms with van der Waals surface area (Å²) in [6.07, 6.45) is 4.18. The molecule has 2 heteroatoms. The van der Waals surface area contributed by atoms with Gasteiger partial charge in [-0.05, 0) is 33.7 Å². The minimum atomic E-state index is 0.794. The van der Waals surface area contributed by atoms with Crippen molar-refractivity contribution in [3.63, 3.8) is 0 Å². The second-order valence-corrected chi connectivity index (χ2v) is 3.97. The average molecular weight is 170 g/mol. The molecule has 12 heavy (non-hydrogen) atoms. The molecule has 1 fully saturated rings. The van der Waals surface area contributed by atoms with Crippen molar-refractivity contribution in [2.75, 3.05) is 20.1 Å². The van der Waals surface area contributed by atoms with E-state index >= 15 is 0 Å². The van der Waals surface area contributed by atoms with Crippen LogP contribution in [0.25, 0.3) is 0 Å². The minimum absolute atomic E-state index is 0.794. The SMILES string of the molecule is CNCCN1[C@H](C)CCC[C@@H]1C. The smallest absolute Gasteiger partial charge is 0.0112 e. The van der Waals surface area contributed by atoms with Crippen LogP contribution in [0.4, 0.5) is 0 Å². The van der Waals surface area contributed by atoms with Gasteiger partial charge >= 0.3 is 0 Å². The summed E-state index contributed by atoms with van der Waals surface area (Å²) >= 11 is 0. The molecule has 0 aromatic heterocycles. The summed E-state index contributed by atoms with van der Waals surface area (Å²) in [5.41, 5.74) is 0. The largest absolute Gasteiger partial charge is 0.318 e. The lowest BCUT2D eigenvalue weighted by Crippen LogP contribution is -2.46. The van der Waals surface area contributed by atoms with E-state index in [-0.39, 0.29) is 0 Å². The van der Waals surface area contributed by atoms with Crippen molar-refractivity contribution < 1.29 is 0 Å². The summed E-state index contributed by atoms with van der Waals surface area (Å²) in [6, 6.07) is 1.59. The number of hydrogen-bond acceptors (Lipinski definition) is 2. The summed E-state index contributed by atoms with van der Waals surface area (Å²) in [4.78, 5) is 2.62. The zero-order valence-corrected chi connectivity index (χ0v) is 8.64. The fraction of sp³-hybridized carbons (Fsp3) is 1.00. The molecule has 0 bridgehead atoms. The van der Waals surface area contributed by atoms with Gasteiger partial charge in [0.25, 0.3) is 0 Å².